The molecule has 2 aliphatic heterocycles. The van der Waals surface area contributed by atoms with Gasteiger partial charge in [0, 0.05) is 11.7 Å². The average molecular weight is 395 g/mol. The van der Waals surface area contributed by atoms with Crippen LogP contribution in [0, 0.1) is 5.82 Å². The molecule has 4 amide bonds. The maximum atomic E-state index is 13.3. The molecular formula is C22H22FN3O3. The van der Waals surface area contributed by atoms with Crippen molar-refractivity contribution in [3.63, 3.8) is 0 Å². The van der Waals surface area contributed by atoms with Crippen molar-refractivity contribution in [1.29, 1.82) is 0 Å². The fraction of sp³-hybridized carbons (Fsp3) is 0.318. The second-order valence-corrected chi connectivity index (χ2v) is 7.73. The van der Waals surface area contributed by atoms with Crippen molar-refractivity contribution in [2.24, 2.45) is 0 Å². The normalized spacial score (nSPS) is 23.8. The van der Waals surface area contributed by atoms with Gasteiger partial charge in [0.05, 0.1) is 0 Å². The molecule has 0 saturated carbocycles. The minimum absolute atomic E-state index is 0.0263. The highest BCUT2D eigenvalue weighted by atomic mass is 19.1. The van der Waals surface area contributed by atoms with Crippen LogP contribution < -0.4 is 10.2 Å². The first-order valence-electron chi connectivity index (χ1n) is 9.61. The Kier molecular flexibility index (Phi) is 4.61. The SMILES string of the molecule is CC1CCc2ccccc2N1C(=O)CN1C(=O)NC(C)(c2ccc(F)cc2)C1=O. The van der Waals surface area contributed by atoms with E-state index in [2.05, 4.69) is 5.32 Å². The van der Waals surface area contributed by atoms with E-state index in [0.717, 1.165) is 29.0 Å². The van der Waals surface area contributed by atoms with E-state index in [-0.39, 0.29) is 18.5 Å². The Bertz CT molecular complexity index is 991. The number of nitrogens with zero attached hydrogens (tertiary/aromatic N) is 2. The molecule has 29 heavy (non-hydrogen) atoms. The van der Waals surface area contributed by atoms with Crippen molar-refractivity contribution < 1.29 is 18.8 Å². The number of hydrogen-bond donors (Lipinski definition) is 1. The van der Waals surface area contributed by atoms with Crippen LogP contribution in [0.25, 0.3) is 0 Å². The van der Waals surface area contributed by atoms with Gasteiger partial charge in [0.1, 0.15) is 17.9 Å². The lowest BCUT2D eigenvalue weighted by Crippen LogP contribution is -2.49. The molecule has 0 spiro atoms. The highest BCUT2D eigenvalue weighted by Crippen LogP contribution is 2.32. The lowest BCUT2D eigenvalue weighted by molar-refractivity contribution is -0.134. The molecular weight excluding hydrogens is 373 g/mol. The molecule has 4 rings (SSSR count). The molecule has 2 atom stereocenters. The molecule has 1 fully saturated rings. The highest BCUT2D eigenvalue weighted by molar-refractivity contribution is 6.10. The topological polar surface area (TPSA) is 69.7 Å². The van der Waals surface area contributed by atoms with E-state index < -0.39 is 23.3 Å². The molecule has 2 aromatic rings. The van der Waals surface area contributed by atoms with Crippen molar-refractivity contribution in [3.05, 3.63) is 65.5 Å². The van der Waals surface area contributed by atoms with E-state index in [0.29, 0.717) is 5.56 Å². The molecule has 6 nitrogen and oxygen atoms in total. The van der Waals surface area contributed by atoms with Crippen LogP contribution in [0.3, 0.4) is 0 Å². The first kappa shape index (κ1) is 19.1. The third-order valence-corrected chi connectivity index (χ3v) is 5.78. The maximum absolute atomic E-state index is 13.3. The van der Waals surface area contributed by atoms with Crippen LogP contribution in [0.5, 0.6) is 0 Å². The molecule has 1 saturated heterocycles. The largest absolute Gasteiger partial charge is 0.325 e. The number of fused-ring (bicyclic) bond motifs is 1. The molecule has 2 heterocycles. The number of amides is 4. The number of nitrogens with one attached hydrogen (secondary N) is 1. The van der Waals surface area contributed by atoms with E-state index in [1.54, 1.807) is 11.8 Å². The Morgan fingerprint density at radius 3 is 2.59 bits per heavy atom. The fourth-order valence-corrected chi connectivity index (χ4v) is 4.10. The van der Waals surface area contributed by atoms with Crippen LogP contribution in [0.2, 0.25) is 0 Å². The third-order valence-electron chi connectivity index (χ3n) is 5.78. The zero-order valence-corrected chi connectivity index (χ0v) is 16.3. The summed E-state index contributed by atoms with van der Waals surface area (Å²) in [6.45, 7) is 3.17. The second kappa shape index (κ2) is 6.99. The number of para-hydroxylation sites is 1. The van der Waals surface area contributed by atoms with E-state index in [9.17, 15) is 18.8 Å². The zero-order chi connectivity index (χ0) is 20.8. The number of anilines is 1. The van der Waals surface area contributed by atoms with E-state index in [1.807, 2.05) is 31.2 Å². The van der Waals surface area contributed by atoms with Crippen molar-refractivity contribution in [3.8, 4) is 0 Å². The van der Waals surface area contributed by atoms with Gasteiger partial charge in [-0.15, -0.1) is 0 Å². The Balaban J connectivity index is 1.58. The lowest BCUT2D eigenvalue weighted by Gasteiger charge is -2.36. The number of carbonyl (C=O) groups is 3. The first-order chi connectivity index (χ1) is 13.8. The van der Waals surface area contributed by atoms with E-state index >= 15 is 0 Å². The molecule has 0 aromatic heterocycles. The third kappa shape index (κ3) is 3.16. The first-order valence-corrected chi connectivity index (χ1v) is 9.61. The van der Waals surface area contributed by atoms with Crippen LogP contribution in [0.4, 0.5) is 14.9 Å². The van der Waals surface area contributed by atoms with Gasteiger partial charge in [-0.25, -0.2) is 9.18 Å². The standard InChI is InChI=1S/C22H22FN3O3/c1-14-7-8-15-5-3-4-6-18(15)26(14)19(27)13-25-20(28)22(2,24-21(25)29)16-9-11-17(23)12-10-16/h3-6,9-12,14H,7-8,13H2,1-2H3,(H,24,29). The zero-order valence-electron chi connectivity index (χ0n) is 16.3. The maximum Gasteiger partial charge on any atom is 0.325 e. The molecule has 0 bridgehead atoms. The molecule has 2 aliphatic rings. The van der Waals surface area contributed by atoms with Gasteiger partial charge in [-0.2, -0.15) is 0 Å². The molecule has 0 radical (unpaired) electrons. The number of rotatable bonds is 3. The van der Waals surface area contributed by atoms with Gasteiger partial charge < -0.3 is 10.2 Å². The van der Waals surface area contributed by atoms with Gasteiger partial charge in [-0.05, 0) is 56.0 Å². The van der Waals surface area contributed by atoms with Gasteiger partial charge in [-0.3, -0.25) is 14.5 Å². The Labute approximate surface area is 168 Å². The number of urea groups is 1. The van der Waals surface area contributed by atoms with Crippen molar-refractivity contribution in [1.82, 2.24) is 10.2 Å². The van der Waals surface area contributed by atoms with Gasteiger partial charge in [0.2, 0.25) is 5.91 Å². The molecule has 2 aromatic carbocycles. The van der Waals surface area contributed by atoms with E-state index in [4.69, 9.17) is 0 Å². The number of imide groups is 1. The van der Waals surface area contributed by atoms with Crippen LogP contribution >= 0.6 is 0 Å². The number of hydrogen-bond acceptors (Lipinski definition) is 3. The predicted molar refractivity (Wildman–Crippen MR) is 106 cm³/mol. The van der Waals surface area contributed by atoms with Crippen LogP contribution in [-0.2, 0) is 21.5 Å². The molecule has 2 unspecified atom stereocenters. The van der Waals surface area contributed by atoms with E-state index in [1.165, 1.54) is 24.3 Å². The number of aryl methyl sites for hydroxylation is 1. The minimum atomic E-state index is -1.34. The van der Waals surface area contributed by atoms with Crippen molar-refractivity contribution in [2.75, 3.05) is 11.4 Å². The Morgan fingerprint density at radius 2 is 1.86 bits per heavy atom. The summed E-state index contributed by atoms with van der Waals surface area (Å²) in [5.41, 5.74) is 1.03. The fourth-order valence-electron chi connectivity index (χ4n) is 4.10. The summed E-state index contributed by atoms with van der Waals surface area (Å²) >= 11 is 0. The van der Waals surface area contributed by atoms with Crippen molar-refractivity contribution in [2.45, 2.75) is 38.3 Å². The molecule has 1 N–H and O–H groups in total. The summed E-state index contributed by atoms with van der Waals surface area (Å²) < 4.78 is 13.3. The summed E-state index contributed by atoms with van der Waals surface area (Å²) in [5, 5.41) is 2.65. The number of carbonyl (C=O) groups excluding carboxylic acids is 3. The summed E-state index contributed by atoms with van der Waals surface area (Å²) in [7, 11) is 0. The highest BCUT2D eigenvalue weighted by Gasteiger charge is 2.50. The summed E-state index contributed by atoms with van der Waals surface area (Å²) in [6, 6.07) is 12.4. The van der Waals surface area contributed by atoms with Gasteiger partial charge in [-0.1, -0.05) is 30.3 Å². The summed E-state index contributed by atoms with van der Waals surface area (Å²) in [4.78, 5) is 41.3. The number of halogens is 1. The quantitative estimate of drug-likeness (QED) is 0.813. The monoisotopic (exact) mass is 395 g/mol. The molecule has 150 valence electrons. The molecule has 0 aliphatic carbocycles. The Morgan fingerprint density at radius 1 is 1.17 bits per heavy atom. The second-order valence-electron chi connectivity index (χ2n) is 7.73. The average Bonchev–Trinajstić information content (AvgIpc) is 2.92. The van der Waals surface area contributed by atoms with Crippen LogP contribution in [0.1, 0.15) is 31.4 Å². The van der Waals surface area contributed by atoms with Crippen molar-refractivity contribution >= 4 is 23.5 Å². The smallest absolute Gasteiger partial charge is 0.319 e. The number of benzene rings is 2. The van der Waals surface area contributed by atoms with Crippen LogP contribution in [-0.4, -0.2) is 35.3 Å². The summed E-state index contributed by atoms with van der Waals surface area (Å²) in [6.07, 6.45) is 1.70. The minimum Gasteiger partial charge on any atom is -0.319 e. The van der Waals surface area contributed by atoms with Gasteiger partial charge in [0.25, 0.3) is 5.91 Å². The van der Waals surface area contributed by atoms with Gasteiger partial charge in [0.15, 0.2) is 0 Å². The lowest BCUT2D eigenvalue weighted by atomic mass is 9.92. The molecule has 7 heteroatoms. The van der Waals surface area contributed by atoms with Crippen LogP contribution in [0.15, 0.2) is 48.5 Å². The van der Waals surface area contributed by atoms with Gasteiger partial charge >= 0.3 is 6.03 Å². The Hall–Kier alpha value is -3.22. The summed E-state index contributed by atoms with van der Waals surface area (Å²) in [5.74, 6) is -1.27. The predicted octanol–water partition coefficient (Wildman–Crippen LogP) is 2.96.